The van der Waals surface area contributed by atoms with Gasteiger partial charge in [0.15, 0.2) is 5.78 Å². The quantitative estimate of drug-likeness (QED) is 0.0114. The maximum absolute atomic E-state index is 14.9. The van der Waals surface area contributed by atoms with E-state index in [0.717, 1.165) is 58.3 Å². The number of hydrogen-bond acceptors (Lipinski definition) is 24. The van der Waals surface area contributed by atoms with Crippen molar-refractivity contribution in [2.24, 2.45) is 17.4 Å². The van der Waals surface area contributed by atoms with Crippen molar-refractivity contribution in [1.82, 2.24) is 69.1 Å². The van der Waals surface area contributed by atoms with Crippen molar-refractivity contribution in [3.8, 4) is 0 Å². The second kappa shape index (κ2) is 48.3. The number of unbranched alkanes of at least 4 members (excludes halogenated alkanes) is 6. The predicted molar refractivity (Wildman–Crippen MR) is 406 cm³/mol. The fourth-order valence-corrected chi connectivity index (χ4v) is 11.9. The molecule has 1 aliphatic rings. The summed E-state index contributed by atoms with van der Waals surface area (Å²) in [4.78, 5) is 273. The number of Topliss-reactive ketones (excluding diaryl/α,β-unsaturated/α-hetero) is 1. The lowest BCUT2D eigenvalue weighted by molar-refractivity contribution is -0.156. The largest absolute Gasteiger partial charge is 0.481 e. The topological polar surface area (TPSA) is 686 Å². The van der Waals surface area contributed by atoms with Gasteiger partial charge in [0, 0.05) is 30.5 Å². The molecule has 0 aromatic heterocycles. The number of nitrogen functional groups attached to an aromatic ring is 1. The molecule has 1 heterocycles. The van der Waals surface area contributed by atoms with E-state index in [0.29, 0.717) is 23.8 Å². The Bertz CT molecular complexity index is 4080. The van der Waals surface area contributed by atoms with Crippen molar-refractivity contribution in [3.05, 3.63) is 77.9 Å². The number of rotatable bonds is 35. The number of carboxylic acid groups (broad SMARTS) is 4. The van der Waals surface area contributed by atoms with Crippen LogP contribution >= 0.6 is 0 Å². The zero-order valence-corrected chi connectivity index (χ0v) is 64.2. The number of primary amides is 1. The zero-order chi connectivity index (χ0) is 86.5. The molecule has 634 valence electrons. The summed E-state index contributed by atoms with van der Waals surface area (Å²) in [6, 6.07) is -5.21. The molecule has 3 aromatic rings. The summed E-state index contributed by atoms with van der Waals surface area (Å²) in [6.45, 7) is 1.12. The molecular weight excluding hydrogens is 1530 g/mol. The number of aliphatic hydroxyl groups excluding tert-OH is 1. The molecule has 0 bridgehead atoms. The molecule has 24 N–H and O–H groups in total. The van der Waals surface area contributed by atoms with Crippen LogP contribution in [0.5, 0.6) is 0 Å². The number of carbonyl (C=O) groups is 20. The first-order valence-corrected chi connectivity index (χ1v) is 37.2. The van der Waals surface area contributed by atoms with E-state index in [1.165, 1.54) is 24.3 Å². The van der Waals surface area contributed by atoms with Crippen LogP contribution in [0.4, 0.5) is 5.69 Å². The van der Waals surface area contributed by atoms with Crippen LogP contribution in [0.1, 0.15) is 146 Å². The lowest BCUT2D eigenvalue weighted by Crippen LogP contribution is -2.62. The van der Waals surface area contributed by atoms with Gasteiger partial charge in [0.1, 0.15) is 72.6 Å². The number of nitrogens with one attached hydrogen (secondary N) is 13. The molecule has 2 unspecified atom stereocenters. The van der Waals surface area contributed by atoms with E-state index in [1.54, 1.807) is 42.5 Å². The summed E-state index contributed by atoms with van der Waals surface area (Å²) in [6.07, 6.45) is -3.89. The Balaban J connectivity index is 1.88. The van der Waals surface area contributed by atoms with Crippen LogP contribution in [-0.2, 0) is 102 Å². The highest BCUT2D eigenvalue weighted by Gasteiger charge is 2.41. The van der Waals surface area contributed by atoms with Crippen molar-refractivity contribution in [1.29, 1.82) is 0 Å². The molecular formula is C74H102N16O26. The van der Waals surface area contributed by atoms with E-state index < -0.39 is 261 Å². The summed E-state index contributed by atoms with van der Waals surface area (Å²) in [5, 5.41) is 79.6. The Morgan fingerprint density at radius 1 is 0.526 bits per heavy atom. The number of ether oxygens (including phenoxy) is 1. The first-order chi connectivity index (χ1) is 54.9. The third-order valence-corrected chi connectivity index (χ3v) is 18.1. The molecule has 14 amide bonds. The Labute approximate surface area is 664 Å². The summed E-state index contributed by atoms with van der Waals surface area (Å²) in [5.74, 6) is -29.7. The number of carbonyl (C=O) groups excluding carboxylic acids is 16. The van der Waals surface area contributed by atoms with E-state index in [9.17, 15) is 121 Å². The summed E-state index contributed by atoms with van der Waals surface area (Å²) >= 11 is 0. The number of fused-ring (bicyclic) bond motifs is 1. The normalized spacial score (nSPS) is 21.1. The minimum atomic E-state index is -2.45. The fraction of sp³-hybridized carbons (Fsp3) is 0.514. The van der Waals surface area contributed by atoms with Gasteiger partial charge in [-0.1, -0.05) is 107 Å². The van der Waals surface area contributed by atoms with Crippen molar-refractivity contribution in [2.45, 2.75) is 209 Å². The van der Waals surface area contributed by atoms with Gasteiger partial charge in [0.05, 0.1) is 51.8 Å². The number of anilines is 1. The number of carboxylic acids is 4. The lowest BCUT2D eigenvalue weighted by Gasteiger charge is -2.30. The third kappa shape index (κ3) is 32.8. The number of aliphatic carboxylic acids is 4. The number of nitrogens with two attached hydrogens (primary N) is 3. The number of benzene rings is 3. The molecule has 4 rings (SSSR count). The first kappa shape index (κ1) is 95.6. The number of aliphatic hydroxyl groups is 1. The Morgan fingerprint density at radius 2 is 1.06 bits per heavy atom. The molecule has 116 heavy (non-hydrogen) atoms. The smallest absolute Gasteiger partial charge is 0.329 e. The molecule has 0 radical (unpaired) electrons. The highest BCUT2D eigenvalue weighted by Crippen LogP contribution is 2.22. The van der Waals surface area contributed by atoms with Crippen LogP contribution in [0, 0.1) is 5.92 Å². The van der Waals surface area contributed by atoms with Crippen LogP contribution in [0.25, 0.3) is 10.8 Å². The van der Waals surface area contributed by atoms with Gasteiger partial charge >= 0.3 is 29.8 Å². The van der Waals surface area contributed by atoms with Crippen LogP contribution in [0.3, 0.4) is 0 Å². The summed E-state index contributed by atoms with van der Waals surface area (Å²) in [7, 11) is 0. The van der Waals surface area contributed by atoms with Crippen LogP contribution < -0.4 is 86.3 Å². The maximum Gasteiger partial charge on any atom is 0.329 e. The van der Waals surface area contributed by atoms with Crippen LogP contribution in [-0.4, -0.2) is 243 Å². The minimum Gasteiger partial charge on any atom is -0.481 e. The molecule has 1 saturated heterocycles. The standard InChI is InChI=1S/C74H102N16O26/c1-5-6-7-8-9-10-11-25-55(94)82-46(28-41-20-16-19-40-18-12-13-21-42(40)41)68(109)85-47(30-54(77)93)69(110)87-50(33-61(103)104)70(111)90-63-39(4)116-74(115)51(29-53(92)43-22-14-15-23-44(43)76)88-73(114)62(37(2)27-58(97)98)89-71(112)52(36-91)83-57(96)34-78-65(106)48(31-59(99)100)84-64(105)38(3)80-67(108)49(32-60(101)102)86-66(107)45(24-17-26-75)81-56(95)35-79-72(63)113/h12-16,18-23,37-39,45-52,62-63,91H,5-11,17,24-36,75-76H2,1-4H3,(H2,77,93)(H,78,106)(H,79,113)(H,80,108)(H,81,95)(H,82,94)(H,83,96)(H,84,105)(H,85,109)(H,86,107)(H,87,110)(H,88,114)(H,89,112)(H,90,111)(H,97,98)(H,99,100)(H,101,102)(H,103,104)/t37?,38-,39-,45+,46+,47-,48+,49+,50+,51+,52-,62?,63+/m1/s1. The van der Waals surface area contributed by atoms with Gasteiger partial charge in [-0.2, -0.15) is 0 Å². The number of hydrogen-bond donors (Lipinski definition) is 21. The van der Waals surface area contributed by atoms with Gasteiger partial charge in [-0.3, -0.25) is 91.1 Å². The molecule has 0 spiro atoms. The number of cyclic esters (lactones) is 1. The Kier molecular flexibility index (Phi) is 39.8. The molecule has 1 aliphatic heterocycles. The fourth-order valence-electron chi connectivity index (χ4n) is 11.9. The van der Waals surface area contributed by atoms with Crippen molar-refractivity contribution in [3.63, 3.8) is 0 Å². The summed E-state index contributed by atoms with van der Waals surface area (Å²) in [5.41, 5.74) is 17.5. The average molecular weight is 1630 g/mol. The zero-order valence-electron chi connectivity index (χ0n) is 64.2. The van der Waals surface area contributed by atoms with E-state index in [2.05, 4.69) is 60.1 Å². The highest BCUT2D eigenvalue weighted by molar-refractivity contribution is 6.05. The number of amides is 14. The van der Waals surface area contributed by atoms with Crippen LogP contribution in [0.2, 0.25) is 0 Å². The molecule has 0 saturated carbocycles. The maximum atomic E-state index is 14.9. The van der Waals surface area contributed by atoms with Gasteiger partial charge in [0.2, 0.25) is 82.7 Å². The first-order valence-electron chi connectivity index (χ1n) is 37.2. The minimum absolute atomic E-state index is 0.0170. The van der Waals surface area contributed by atoms with Gasteiger partial charge in [-0.15, -0.1) is 0 Å². The van der Waals surface area contributed by atoms with Crippen molar-refractivity contribution in [2.75, 3.05) is 32.0 Å². The number of esters is 1. The van der Waals surface area contributed by atoms with Gasteiger partial charge in [-0.25, -0.2) is 4.79 Å². The number of ketones is 1. The second-order valence-corrected chi connectivity index (χ2v) is 27.5. The molecule has 42 nitrogen and oxygen atoms in total. The highest BCUT2D eigenvalue weighted by atomic mass is 16.5. The monoisotopic (exact) mass is 1630 g/mol. The van der Waals surface area contributed by atoms with Crippen molar-refractivity contribution < 1.29 is 126 Å². The predicted octanol–water partition coefficient (Wildman–Crippen LogP) is -4.95. The molecule has 42 heteroatoms. The average Bonchev–Trinajstić information content (AvgIpc) is 0.817. The lowest BCUT2D eigenvalue weighted by atomic mass is 9.96. The summed E-state index contributed by atoms with van der Waals surface area (Å²) < 4.78 is 5.69. The van der Waals surface area contributed by atoms with E-state index in [4.69, 9.17) is 21.9 Å². The Hall–Kier alpha value is -12.8. The molecule has 3 aromatic carbocycles. The van der Waals surface area contributed by atoms with Gasteiger partial charge in [0.25, 0.3) is 0 Å². The van der Waals surface area contributed by atoms with E-state index in [-0.39, 0.29) is 37.1 Å². The SMILES string of the molecule is CCCCCCCCCC(=O)N[C@@H](Cc1cccc2ccccc12)C(=O)N[C@H](CC(N)=O)C(=O)N[C@@H](CC(=O)O)C(=O)N[C@@H]1C(=O)NCC(=O)N[C@@H](CCCN)C(=O)N[C@@H](CC(=O)O)C(=O)N[C@H](C)C(=O)N[C@@H](CC(=O)O)C(=O)NCC(=O)N[C@H](CO)C(=O)NC(C(C)CC(=O)O)C(=O)N[C@@H](CC(=O)c2ccccc2N)C(=O)O[C@@H]1C. The van der Waals surface area contributed by atoms with Crippen LogP contribution in [0.15, 0.2) is 66.7 Å². The third-order valence-electron chi connectivity index (χ3n) is 18.1. The second-order valence-electron chi connectivity index (χ2n) is 27.5. The van der Waals surface area contributed by atoms with Gasteiger partial charge in [-0.05, 0) is 74.0 Å². The molecule has 1 fully saturated rings. The van der Waals surface area contributed by atoms with Crippen molar-refractivity contribution >= 4 is 135 Å². The van der Waals surface area contributed by atoms with E-state index in [1.807, 2.05) is 16.0 Å². The number of para-hydroxylation sites is 1. The van der Waals surface area contributed by atoms with E-state index >= 15 is 0 Å². The van der Waals surface area contributed by atoms with Gasteiger partial charge < -0.3 is 117 Å². The molecule has 13 atom stereocenters. The Morgan fingerprint density at radius 3 is 1.66 bits per heavy atom. The molecule has 0 aliphatic carbocycles.